The maximum Gasteiger partial charge on any atom is 0.255 e. The van der Waals surface area contributed by atoms with Gasteiger partial charge >= 0.3 is 0 Å². The predicted molar refractivity (Wildman–Crippen MR) is 139 cm³/mol. The Hall–Kier alpha value is -3.32. The molecule has 0 unspecified atom stereocenters. The van der Waals surface area contributed by atoms with Gasteiger partial charge in [0.2, 0.25) is 5.78 Å². The standard InChI is InChI=1S/C28H34FN3O8/c1-31(2)22-16-8-13-7-15-19(17(34)9-14(21(15)29)10-32-5-3-12(11-33)4-6-32)23(35)18(13)25(37)28(16,40)26(38)20(24(22)36)27(30)39/h9,12-13,16,22,33-35,38,40H,3-8,10-11H2,1-2H3,(H2,30,39)/t13-,16-,22-,28-/m0/s1. The van der Waals surface area contributed by atoms with E-state index in [0.717, 1.165) is 12.8 Å². The molecular formula is C28H34FN3O8. The van der Waals surface area contributed by atoms with Gasteiger partial charge in [0.1, 0.15) is 28.7 Å². The molecule has 3 aliphatic carbocycles. The Morgan fingerprint density at radius 2 is 1.85 bits per heavy atom. The molecule has 12 heteroatoms. The highest BCUT2D eigenvalue weighted by atomic mass is 19.1. The van der Waals surface area contributed by atoms with Gasteiger partial charge in [-0.25, -0.2) is 4.39 Å². The number of rotatable bonds is 5. The number of phenolic OH excluding ortho intramolecular Hbond substituents is 1. The zero-order chi connectivity index (χ0) is 29.3. The minimum absolute atomic E-state index is 0.0193. The normalized spacial score (nSPS) is 29.5. The lowest BCUT2D eigenvalue weighted by molar-refractivity contribution is -0.153. The van der Waals surface area contributed by atoms with Crippen molar-refractivity contribution in [3.05, 3.63) is 45.5 Å². The van der Waals surface area contributed by atoms with Gasteiger partial charge < -0.3 is 31.3 Å². The van der Waals surface area contributed by atoms with E-state index in [9.17, 15) is 39.9 Å². The summed E-state index contributed by atoms with van der Waals surface area (Å²) < 4.78 is 15.9. The van der Waals surface area contributed by atoms with Crippen molar-refractivity contribution in [2.24, 2.45) is 23.5 Å². The number of aliphatic hydroxyl groups excluding tert-OH is 3. The number of fused-ring (bicyclic) bond motifs is 3. The van der Waals surface area contributed by atoms with Gasteiger partial charge in [-0.2, -0.15) is 0 Å². The molecule has 11 nitrogen and oxygen atoms in total. The summed E-state index contributed by atoms with van der Waals surface area (Å²) >= 11 is 0. The van der Waals surface area contributed by atoms with E-state index < -0.39 is 69.6 Å². The number of carbonyl (C=O) groups excluding carboxylic acids is 3. The Balaban J connectivity index is 1.58. The van der Waals surface area contributed by atoms with Crippen molar-refractivity contribution in [3.8, 4) is 5.75 Å². The molecule has 0 radical (unpaired) electrons. The fraction of sp³-hybridized carbons (Fsp3) is 0.536. The number of hydrogen-bond acceptors (Lipinski definition) is 10. The van der Waals surface area contributed by atoms with Crippen molar-refractivity contribution >= 4 is 23.2 Å². The smallest absolute Gasteiger partial charge is 0.255 e. The average molecular weight is 560 g/mol. The van der Waals surface area contributed by atoms with Gasteiger partial charge in [-0.1, -0.05) is 0 Å². The quantitative estimate of drug-likeness (QED) is 0.274. The molecule has 5 rings (SSSR count). The van der Waals surface area contributed by atoms with Crippen molar-refractivity contribution < 1.29 is 44.3 Å². The summed E-state index contributed by atoms with van der Waals surface area (Å²) in [7, 11) is 3.03. The Morgan fingerprint density at radius 1 is 1.20 bits per heavy atom. The van der Waals surface area contributed by atoms with Crippen LogP contribution in [0.3, 0.4) is 0 Å². The summed E-state index contributed by atoms with van der Waals surface area (Å²) in [5.41, 5.74) is 1.35. The molecule has 1 aromatic rings. The molecule has 4 atom stereocenters. The molecule has 4 aliphatic rings. The first-order chi connectivity index (χ1) is 18.8. The van der Waals surface area contributed by atoms with Gasteiger partial charge in [0.25, 0.3) is 5.91 Å². The molecule has 0 spiro atoms. The van der Waals surface area contributed by atoms with Crippen LogP contribution in [0, 0.1) is 23.6 Å². The number of carbonyl (C=O) groups is 3. The lowest BCUT2D eigenvalue weighted by Gasteiger charge is -2.50. The number of likely N-dealkylation sites (N-methyl/N-ethyl adjacent to an activating group) is 1. The van der Waals surface area contributed by atoms with Gasteiger partial charge in [-0.15, -0.1) is 0 Å². The molecular weight excluding hydrogens is 525 g/mol. The van der Waals surface area contributed by atoms with Crippen LogP contribution in [0.4, 0.5) is 4.39 Å². The molecule has 1 amide bonds. The molecule has 0 aromatic heterocycles. The zero-order valence-corrected chi connectivity index (χ0v) is 22.4. The lowest BCUT2D eigenvalue weighted by Crippen LogP contribution is -2.65. The number of piperidine rings is 1. The SMILES string of the molecule is CN(C)[C@@H]1C(=O)C(C(N)=O)=C(O)[C@@]2(O)C(=O)C3=C(O)c4c(O)cc(CN5CCC(CO)CC5)c(F)c4C[C@H]3C[C@@H]12. The number of nitrogens with two attached hydrogens (primary N) is 1. The highest BCUT2D eigenvalue weighted by Crippen LogP contribution is 2.53. The molecule has 0 bridgehead atoms. The second kappa shape index (κ2) is 9.95. The van der Waals surface area contributed by atoms with E-state index in [1.54, 1.807) is 0 Å². The third-order valence-corrected chi connectivity index (χ3v) is 9.09. The molecule has 216 valence electrons. The number of phenols is 1. The van der Waals surface area contributed by atoms with E-state index in [-0.39, 0.29) is 54.2 Å². The van der Waals surface area contributed by atoms with Gasteiger partial charge in [-0.05, 0) is 70.8 Å². The first-order valence-corrected chi connectivity index (χ1v) is 13.3. The number of likely N-dealkylation sites (tertiary alicyclic amines) is 1. The number of nitrogens with zero attached hydrogens (tertiary/aromatic N) is 2. The number of primary amides is 1. The molecule has 1 aliphatic heterocycles. The van der Waals surface area contributed by atoms with Crippen LogP contribution in [0.25, 0.3) is 5.76 Å². The fourth-order valence-corrected chi connectivity index (χ4v) is 7.03. The molecule has 1 saturated heterocycles. The molecule has 7 N–H and O–H groups in total. The summed E-state index contributed by atoms with van der Waals surface area (Å²) in [5, 5.41) is 54.0. The maximum absolute atomic E-state index is 15.9. The summed E-state index contributed by atoms with van der Waals surface area (Å²) in [6, 6.07) is 0.00175. The van der Waals surface area contributed by atoms with Crippen molar-refractivity contribution in [1.82, 2.24) is 9.80 Å². The first-order valence-electron chi connectivity index (χ1n) is 13.3. The predicted octanol–water partition coefficient (Wildman–Crippen LogP) is 0.307. The summed E-state index contributed by atoms with van der Waals surface area (Å²) in [6.07, 6.45) is 1.32. The van der Waals surface area contributed by atoms with E-state index >= 15 is 4.39 Å². The van der Waals surface area contributed by atoms with E-state index in [4.69, 9.17) is 5.73 Å². The summed E-state index contributed by atoms with van der Waals surface area (Å²) in [4.78, 5) is 42.5. The highest BCUT2D eigenvalue weighted by molar-refractivity contribution is 6.24. The minimum Gasteiger partial charge on any atom is -0.508 e. The van der Waals surface area contributed by atoms with E-state index in [0.29, 0.717) is 13.1 Å². The number of halogens is 1. The largest absolute Gasteiger partial charge is 0.508 e. The molecule has 1 aromatic carbocycles. The number of Topliss-reactive ketones (excluding diaryl/α,β-unsaturated/α-hetero) is 2. The monoisotopic (exact) mass is 559 g/mol. The van der Waals surface area contributed by atoms with Gasteiger partial charge in [-0.3, -0.25) is 24.2 Å². The van der Waals surface area contributed by atoms with Gasteiger partial charge in [0.05, 0.1) is 11.6 Å². The maximum atomic E-state index is 15.9. The Labute approximate surface area is 230 Å². The molecule has 2 fully saturated rings. The van der Waals surface area contributed by atoms with Crippen molar-refractivity contribution in [2.75, 3.05) is 33.8 Å². The Bertz CT molecular complexity index is 1360. The molecule has 40 heavy (non-hydrogen) atoms. The van der Waals surface area contributed by atoms with Crippen LogP contribution in [-0.4, -0.2) is 98.2 Å². The lowest BCUT2D eigenvalue weighted by atomic mass is 9.57. The van der Waals surface area contributed by atoms with Crippen molar-refractivity contribution in [1.29, 1.82) is 0 Å². The topological polar surface area (TPSA) is 185 Å². The number of hydrogen-bond donors (Lipinski definition) is 6. The number of amides is 1. The summed E-state index contributed by atoms with van der Waals surface area (Å²) in [6.45, 7) is 1.61. The van der Waals surface area contributed by atoms with Crippen LogP contribution in [-0.2, 0) is 27.3 Å². The van der Waals surface area contributed by atoms with Crippen LogP contribution in [0.1, 0.15) is 36.0 Å². The van der Waals surface area contributed by atoms with Crippen molar-refractivity contribution in [2.45, 2.75) is 43.9 Å². The average Bonchev–Trinajstić information content (AvgIpc) is 2.89. The Morgan fingerprint density at radius 3 is 2.42 bits per heavy atom. The Kier molecular flexibility index (Phi) is 7.02. The zero-order valence-electron chi connectivity index (χ0n) is 22.4. The third kappa shape index (κ3) is 4.04. The third-order valence-electron chi connectivity index (χ3n) is 9.09. The molecule has 1 saturated carbocycles. The van der Waals surface area contributed by atoms with E-state index in [1.807, 2.05) is 4.90 Å². The summed E-state index contributed by atoms with van der Waals surface area (Å²) in [5.74, 6) is -8.11. The number of aliphatic hydroxyl groups is 4. The highest BCUT2D eigenvalue weighted by Gasteiger charge is 2.64. The van der Waals surface area contributed by atoms with Crippen molar-refractivity contribution in [3.63, 3.8) is 0 Å². The van der Waals surface area contributed by atoms with Gasteiger partial charge in [0.15, 0.2) is 11.4 Å². The van der Waals surface area contributed by atoms with Crippen LogP contribution in [0.5, 0.6) is 5.75 Å². The minimum atomic E-state index is -2.74. The van der Waals surface area contributed by atoms with Crippen LogP contribution >= 0.6 is 0 Å². The van der Waals surface area contributed by atoms with Crippen LogP contribution in [0.2, 0.25) is 0 Å². The second-order valence-corrected chi connectivity index (χ2v) is 11.6. The second-order valence-electron chi connectivity index (χ2n) is 11.6. The van der Waals surface area contributed by atoms with Gasteiger partial charge in [0, 0.05) is 35.8 Å². The molecule has 1 heterocycles. The number of ketones is 2. The fourth-order valence-electron chi connectivity index (χ4n) is 7.03. The van der Waals surface area contributed by atoms with E-state index in [1.165, 1.54) is 25.1 Å². The number of aromatic hydroxyl groups is 1. The van der Waals surface area contributed by atoms with E-state index in [2.05, 4.69) is 0 Å². The first kappa shape index (κ1) is 28.2. The van der Waals surface area contributed by atoms with Crippen LogP contribution < -0.4 is 5.73 Å². The number of benzene rings is 1. The van der Waals surface area contributed by atoms with Crippen LogP contribution in [0.15, 0.2) is 23.0 Å².